The third-order valence-corrected chi connectivity index (χ3v) is 5.35. The molecule has 12 nitrogen and oxygen atoms in total. The molecule has 2 aromatic carbocycles. The summed E-state index contributed by atoms with van der Waals surface area (Å²) in [6.45, 7) is 0. The topological polar surface area (TPSA) is 169 Å². The normalized spacial score (nSPS) is 14.2. The lowest BCUT2D eigenvalue weighted by atomic mass is 9.92. The third kappa shape index (κ3) is 5.06. The number of H-pyrrole nitrogens is 1. The predicted octanol–water partition coefficient (Wildman–Crippen LogP) is 2.15. The smallest absolute Gasteiger partial charge is 0.337 e. The summed E-state index contributed by atoms with van der Waals surface area (Å²) in [6.07, 6.45) is -0.310. The van der Waals surface area contributed by atoms with Crippen molar-refractivity contribution in [2.24, 2.45) is 0 Å². The zero-order chi connectivity index (χ0) is 25.8. The van der Waals surface area contributed by atoms with Gasteiger partial charge in [0.15, 0.2) is 0 Å². The average molecular weight is 491 g/mol. The molecule has 2 amide bonds. The number of carbonyl (C=O) groups is 4. The van der Waals surface area contributed by atoms with Crippen LogP contribution >= 0.6 is 0 Å². The number of aromatic amines is 1. The van der Waals surface area contributed by atoms with E-state index in [4.69, 9.17) is 9.47 Å². The van der Waals surface area contributed by atoms with E-state index in [0.29, 0.717) is 5.69 Å². The molecule has 0 saturated carbocycles. The Morgan fingerprint density at radius 1 is 0.944 bits per heavy atom. The molecule has 1 aliphatic rings. The van der Waals surface area contributed by atoms with Gasteiger partial charge in [-0.2, -0.15) is 4.98 Å². The number of aromatic nitrogens is 2. The summed E-state index contributed by atoms with van der Waals surface area (Å²) in [4.78, 5) is 69.4. The second-order valence-electron chi connectivity index (χ2n) is 7.74. The molecule has 0 spiro atoms. The number of hydrogen-bond acceptors (Lipinski definition) is 9. The Morgan fingerprint density at radius 3 is 2.19 bits per heavy atom. The summed E-state index contributed by atoms with van der Waals surface area (Å²) >= 11 is 0. The zero-order valence-corrected chi connectivity index (χ0v) is 19.2. The fourth-order valence-corrected chi connectivity index (χ4v) is 3.71. The van der Waals surface area contributed by atoms with Crippen LogP contribution in [0.15, 0.2) is 53.3 Å². The molecular formula is C24H21N5O7. The van der Waals surface area contributed by atoms with Crippen molar-refractivity contribution < 1.29 is 28.7 Å². The minimum absolute atomic E-state index is 0.00590. The molecule has 184 valence electrons. The highest BCUT2D eigenvalue weighted by Crippen LogP contribution is 2.30. The average Bonchev–Trinajstić information content (AvgIpc) is 2.87. The summed E-state index contributed by atoms with van der Waals surface area (Å²) < 4.78 is 9.39. The van der Waals surface area contributed by atoms with Crippen LogP contribution in [0.1, 0.15) is 38.6 Å². The molecule has 4 rings (SSSR count). The molecule has 1 unspecified atom stereocenters. The summed E-state index contributed by atoms with van der Waals surface area (Å²) in [5.41, 5.74) is 0.0777. The van der Waals surface area contributed by atoms with Crippen LogP contribution < -0.4 is 21.5 Å². The quantitative estimate of drug-likeness (QED) is 0.378. The van der Waals surface area contributed by atoms with E-state index in [1.54, 1.807) is 24.3 Å². The van der Waals surface area contributed by atoms with Gasteiger partial charge in [0.25, 0.3) is 5.56 Å². The molecular weight excluding hydrogens is 470 g/mol. The number of amides is 2. The SMILES string of the molecule is COC(=O)c1cc(NC(=O)C2CC(=O)Nc3nc(Nc4ccccc4)[nH]c(=O)c32)cc(C(=O)OC)c1. The van der Waals surface area contributed by atoms with E-state index in [1.165, 1.54) is 32.4 Å². The van der Waals surface area contributed by atoms with Gasteiger partial charge in [-0.1, -0.05) is 18.2 Å². The zero-order valence-electron chi connectivity index (χ0n) is 19.2. The van der Waals surface area contributed by atoms with Crippen LogP contribution in [0.2, 0.25) is 0 Å². The van der Waals surface area contributed by atoms with Crippen LogP contribution in [0, 0.1) is 0 Å². The van der Waals surface area contributed by atoms with Crippen LogP contribution in [-0.4, -0.2) is 47.9 Å². The third-order valence-electron chi connectivity index (χ3n) is 5.35. The number of nitrogens with one attached hydrogen (secondary N) is 4. The molecule has 1 aliphatic heterocycles. The highest BCUT2D eigenvalue weighted by molar-refractivity contribution is 6.05. The Hall–Kier alpha value is -5.00. The lowest BCUT2D eigenvalue weighted by Gasteiger charge is -2.24. The second kappa shape index (κ2) is 10.1. The molecule has 1 aromatic heterocycles. The Bertz CT molecular complexity index is 1380. The van der Waals surface area contributed by atoms with Gasteiger partial charge in [-0.05, 0) is 30.3 Å². The number of methoxy groups -OCH3 is 2. The van der Waals surface area contributed by atoms with Crippen molar-refractivity contribution in [3.63, 3.8) is 0 Å². The Balaban J connectivity index is 1.65. The maximum atomic E-state index is 13.2. The van der Waals surface area contributed by atoms with Crippen LogP contribution in [0.5, 0.6) is 0 Å². The van der Waals surface area contributed by atoms with Gasteiger partial charge in [-0.3, -0.25) is 19.4 Å². The van der Waals surface area contributed by atoms with E-state index < -0.39 is 35.2 Å². The summed E-state index contributed by atoms with van der Waals surface area (Å²) in [5, 5.41) is 8.02. The van der Waals surface area contributed by atoms with Crippen LogP contribution in [-0.2, 0) is 19.1 Å². The highest BCUT2D eigenvalue weighted by atomic mass is 16.5. The van der Waals surface area contributed by atoms with E-state index in [1.807, 2.05) is 6.07 Å². The number of nitrogens with zero attached hydrogens (tertiary/aromatic N) is 1. The van der Waals surface area contributed by atoms with Crippen molar-refractivity contribution in [1.29, 1.82) is 0 Å². The van der Waals surface area contributed by atoms with Crippen molar-refractivity contribution in [3.05, 3.63) is 75.6 Å². The van der Waals surface area contributed by atoms with Gasteiger partial charge < -0.3 is 25.4 Å². The molecule has 3 aromatic rings. The maximum absolute atomic E-state index is 13.2. The van der Waals surface area contributed by atoms with Gasteiger partial charge in [0, 0.05) is 17.8 Å². The first-order valence-electron chi connectivity index (χ1n) is 10.7. The van der Waals surface area contributed by atoms with Gasteiger partial charge in [0.2, 0.25) is 17.8 Å². The maximum Gasteiger partial charge on any atom is 0.337 e. The molecule has 12 heteroatoms. The van der Waals surface area contributed by atoms with Crippen molar-refractivity contribution >= 4 is 46.9 Å². The lowest BCUT2D eigenvalue weighted by molar-refractivity contribution is -0.123. The van der Waals surface area contributed by atoms with Crippen molar-refractivity contribution in [2.75, 3.05) is 30.2 Å². The monoisotopic (exact) mass is 491 g/mol. The minimum Gasteiger partial charge on any atom is -0.465 e. The van der Waals surface area contributed by atoms with Gasteiger partial charge in [-0.25, -0.2) is 9.59 Å². The fourth-order valence-electron chi connectivity index (χ4n) is 3.71. The van der Waals surface area contributed by atoms with E-state index in [9.17, 15) is 24.0 Å². The molecule has 0 bridgehead atoms. The number of benzene rings is 2. The first-order valence-corrected chi connectivity index (χ1v) is 10.7. The second-order valence-corrected chi connectivity index (χ2v) is 7.74. The molecule has 0 radical (unpaired) electrons. The standard InChI is InChI=1S/C24H21N5O7/c1-35-22(33)12-8-13(23(34)36-2)10-15(9-12)25-20(31)16-11-17(30)27-19-18(16)21(32)29-24(28-19)26-14-6-4-3-5-7-14/h3-10,16H,11H2,1-2H3,(H,25,31)(H3,26,27,28,29,30,32). The van der Waals surface area contributed by atoms with Crippen LogP contribution in [0.3, 0.4) is 0 Å². The molecule has 0 fully saturated rings. The van der Waals surface area contributed by atoms with E-state index in [0.717, 1.165) is 0 Å². The Labute approximate surface area is 204 Å². The fraction of sp³-hybridized carbons (Fsp3) is 0.167. The van der Waals surface area contributed by atoms with Gasteiger partial charge >= 0.3 is 11.9 Å². The Morgan fingerprint density at radius 2 is 1.58 bits per heavy atom. The number of fused-ring (bicyclic) bond motifs is 1. The van der Waals surface area contributed by atoms with Crippen LogP contribution in [0.25, 0.3) is 0 Å². The number of para-hydroxylation sites is 1. The number of hydrogen-bond donors (Lipinski definition) is 4. The number of carbonyl (C=O) groups excluding carboxylic acids is 4. The molecule has 0 aliphatic carbocycles. The first-order chi connectivity index (χ1) is 17.3. The molecule has 0 saturated heterocycles. The largest absolute Gasteiger partial charge is 0.465 e. The molecule has 36 heavy (non-hydrogen) atoms. The van der Waals surface area contributed by atoms with Crippen molar-refractivity contribution in [3.8, 4) is 0 Å². The summed E-state index contributed by atoms with van der Waals surface area (Å²) in [5.74, 6) is -3.84. The van der Waals surface area contributed by atoms with Gasteiger partial charge in [0.05, 0.1) is 36.8 Å². The Kier molecular flexibility index (Phi) is 6.77. The lowest BCUT2D eigenvalue weighted by Crippen LogP contribution is -2.36. The van der Waals surface area contributed by atoms with Crippen molar-refractivity contribution in [2.45, 2.75) is 12.3 Å². The highest BCUT2D eigenvalue weighted by Gasteiger charge is 2.35. The molecule has 1 atom stereocenters. The summed E-state index contributed by atoms with van der Waals surface area (Å²) in [6, 6.07) is 12.8. The van der Waals surface area contributed by atoms with E-state index in [2.05, 4.69) is 25.9 Å². The number of ether oxygens (including phenoxy) is 2. The predicted molar refractivity (Wildman–Crippen MR) is 128 cm³/mol. The number of esters is 2. The van der Waals surface area contributed by atoms with Crippen LogP contribution in [0.4, 0.5) is 23.1 Å². The van der Waals surface area contributed by atoms with Crippen molar-refractivity contribution in [1.82, 2.24) is 9.97 Å². The minimum atomic E-state index is -1.18. The van der Waals surface area contributed by atoms with Gasteiger partial charge in [-0.15, -0.1) is 0 Å². The first kappa shape index (κ1) is 24.1. The molecule has 2 heterocycles. The van der Waals surface area contributed by atoms with Gasteiger partial charge in [0.1, 0.15) is 5.82 Å². The number of anilines is 4. The van der Waals surface area contributed by atoms with E-state index >= 15 is 0 Å². The number of rotatable bonds is 6. The summed E-state index contributed by atoms with van der Waals surface area (Å²) in [7, 11) is 2.34. The van der Waals surface area contributed by atoms with E-state index in [-0.39, 0.29) is 40.6 Å². The molecule has 4 N–H and O–H groups in total.